The number of nitrogens with one attached hydrogen (secondary N) is 2. The molecule has 0 spiro atoms. The Morgan fingerprint density at radius 3 is 2.89 bits per heavy atom. The van der Waals surface area contributed by atoms with Gasteiger partial charge in [0.15, 0.2) is 4.77 Å². The van der Waals surface area contributed by atoms with Crippen LogP contribution in [0, 0.1) is 4.77 Å². The van der Waals surface area contributed by atoms with Gasteiger partial charge in [0.05, 0.1) is 0 Å². The average molecular weight is 283 g/mol. The van der Waals surface area contributed by atoms with Crippen LogP contribution in [-0.2, 0) is 6.42 Å². The molecule has 0 aliphatic rings. The topological polar surface area (TPSA) is 107 Å². The summed E-state index contributed by atoms with van der Waals surface area (Å²) in [7, 11) is 0. The van der Waals surface area contributed by atoms with Crippen LogP contribution in [0.1, 0.15) is 17.5 Å². The van der Waals surface area contributed by atoms with Crippen molar-refractivity contribution < 1.29 is 5.11 Å². The molecule has 0 bridgehead atoms. The van der Waals surface area contributed by atoms with Gasteiger partial charge in [0.25, 0.3) is 5.56 Å². The Morgan fingerprint density at radius 1 is 1.50 bits per heavy atom. The van der Waals surface area contributed by atoms with Gasteiger partial charge in [-0.1, -0.05) is 18.3 Å². The summed E-state index contributed by atoms with van der Waals surface area (Å²) in [5.74, 6) is -0.326. The fraction of sp³-hybridized carbons (Fsp3) is 0.222. The zero-order valence-corrected chi connectivity index (χ0v) is 10.9. The van der Waals surface area contributed by atoms with Gasteiger partial charge < -0.3 is 10.1 Å². The second-order valence-corrected chi connectivity index (χ2v) is 4.71. The number of hydrogen-bond donors (Lipinski definition) is 3. The first kappa shape index (κ1) is 12.6. The molecule has 2 rings (SSSR count). The molecule has 7 nitrogen and oxygen atoms in total. The first-order chi connectivity index (χ1) is 8.60. The first-order valence-corrected chi connectivity index (χ1v) is 6.24. The van der Waals surface area contributed by atoms with E-state index in [-0.39, 0.29) is 16.2 Å². The third-order valence-corrected chi connectivity index (χ3v) is 3.20. The van der Waals surface area contributed by atoms with Gasteiger partial charge in [0.2, 0.25) is 11.0 Å². The van der Waals surface area contributed by atoms with Crippen LogP contribution in [0.4, 0.5) is 5.13 Å². The van der Waals surface area contributed by atoms with E-state index >= 15 is 0 Å². The van der Waals surface area contributed by atoms with Crippen LogP contribution in [0.3, 0.4) is 0 Å². The van der Waals surface area contributed by atoms with Crippen LogP contribution in [0.25, 0.3) is 0 Å². The zero-order chi connectivity index (χ0) is 13.1. The van der Waals surface area contributed by atoms with Crippen LogP contribution < -0.4 is 5.56 Å². The molecule has 0 fully saturated rings. The second-order valence-electron chi connectivity index (χ2n) is 3.26. The first-order valence-electron chi connectivity index (χ1n) is 5.02. The van der Waals surface area contributed by atoms with Gasteiger partial charge in [-0.3, -0.25) is 9.78 Å². The molecule has 2 aromatic rings. The van der Waals surface area contributed by atoms with Crippen LogP contribution >= 0.6 is 23.6 Å². The lowest BCUT2D eigenvalue weighted by molar-refractivity contribution is 0.449. The lowest BCUT2D eigenvalue weighted by Crippen LogP contribution is -2.13. The Labute approximate surface area is 110 Å². The van der Waals surface area contributed by atoms with E-state index in [4.69, 9.17) is 12.2 Å². The smallest absolute Gasteiger partial charge is 0.264 e. The monoisotopic (exact) mass is 283 g/mol. The van der Waals surface area contributed by atoms with E-state index in [0.717, 1.165) is 11.4 Å². The molecule has 2 aromatic heterocycles. The highest BCUT2D eigenvalue weighted by molar-refractivity contribution is 7.71. The molecule has 18 heavy (non-hydrogen) atoms. The van der Waals surface area contributed by atoms with E-state index in [0.29, 0.717) is 5.13 Å². The van der Waals surface area contributed by atoms with Crippen LogP contribution in [0.5, 0.6) is 5.88 Å². The molecular formula is C9H9N5O2S2. The predicted octanol–water partition coefficient (Wildman–Crippen LogP) is 1.30. The fourth-order valence-electron chi connectivity index (χ4n) is 1.16. The van der Waals surface area contributed by atoms with Crippen molar-refractivity contribution in [3.05, 3.63) is 25.7 Å². The summed E-state index contributed by atoms with van der Waals surface area (Å²) in [6.07, 6.45) is 2.00. The number of aromatic nitrogens is 4. The highest BCUT2D eigenvalue weighted by atomic mass is 32.1. The molecule has 0 saturated carbocycles. The lowest BCUT2D eigenvalue weighted by atomic mass is 10.3. The number of nitrogens with zero attached hydrogens (tertiary/aromatic N) is 3. The van der Waals surface area contributed by atoms with Crippen molar-refractivity contribution in [2.45, 2.75) is 13.3 Å². The third kappa shape index (κ3) is 2.68. The molecule has 0 aliphatic heterocycles. The minimum Gasteiger partial charge on any atom is -0.494 e. The second kappa shape index (κ2) is 5.19. The highest BCUT2D eigenvalue weighted by Crippen LogP contribution is 2.18. The largest absolute Gasteiger partial charge is 0.494 e. The van der Waals surface area contributed by atoms with Crippen molar-refractivity contribution >= 4 is 34.9 Å². The molecule has 0 atom stereocenters. The molecule has 94 valence electrons. The Morgan fingerprint density at radius 2 is 2.28 bits per heavy atom. The molecule has 0 aromatic carbocycles. The number of aliphatic imine (C=N–C) groups is 1. The molecule has 2 heterocycles. The van der Waals surface area contributed by atoms with Crippen molar-refractivity contribution in [2.24, 2.45) is 4.99 Å². The summed E-state index contributed by atoms with van der Waals surface area (Å²) in [5.41, 5.74) is -0.517. The van der Waals surface area contributed by atoms with Gasteiger partial charge in [-0.2, -0.15) is 0 Å². The summed E-state index contributed by atoms with van der Waals surface area (Å²) in [6.45, 7) is 1.96. The van der Waals surface area contributed by atoms with Crippen molar-refractivity contribution in [3.8, 4) is 5.88 Å². The number of aryl methyl sites for hydroxylation is 1. The van der Waals surface area contributed by atoms with Gasteiger partial charge in [-0.05, 0) is 18.6 Å². The van der Waals surface area contributed by atoms with Gasteiger partial charge in [-0.25, -0.2) is 4.99 Å². The van der Waals surface area contributed by atoms with E-state index < -0.39 is 5.56 Å². The van der Waals surface area contributed by atoms with E-state index in [1.54, 1.807) is 0 Å². The van der Waals surface area contributed by atoms with E-state index in [2.05, 4.69) is 25.2 Å². The molecule has 0 amide bonds. The highest BCUT2D eigenvalue weighted by Gasteiger charge is 2.05. The Bertz CT molecular complexity index is 699. The Hall–Kier alpha value is -1.87. The Balaban J connectivity index is 2.34. The summed E-state index contributed by atoms with van der Waals surface area (Å²) >= 11 is 6.03. The molecule has 3 N–H and O–H groups in total. The Kier molecular flexibility index (Phi) is 3.63. The number of aromatic hydroxyl groups is 1. The van der Waals surface area contributed by atoms with Gasteiger partial charge >= 0.3 is 0 Å². The normalized spacial score (nSPS) is 11.2. The summed E-state index contributed by atoms with van der Waals surface area (Å²) in [5, 5.41) is 18.5. The van der Waals surface area contributed by atoms with Gasteiger partial charge in [0.1, 0.15) is 10.6 Å². The van der Waals surface area contributed by atoms with E-state index in [9.17, 15) is 9.90 Å². The van der Waals surface area contributed by atoms with Crippen molar-refractivity contribution in [3.63, 3.8) is 0 Å². The maximum atomic E-state index is 11.5. The van der Waals surface area contributed by atoms with E-state index in [1.165, 1.54) is 17.6 Å². The molecular weight excluding hydrogens is 274 g/mol. The van der Waals surface area contributed by atoms with Crippen molar-refractivity contribution in [1.82, 2.24) is 20.2 Å². The SMILES string of the molecule is CCc1nnc(/N=C/c2c(O)[nH]c(=S)[nH]c2=O)s1. The molecule has 9 heteroatoms. The predicted molar refractivity (Wildman–Crippen MR) is 70.5 cm³/mol. The van der Waals surface area contributed by atoms with Crippen LogP contribution in [0.15, 0.2) is 9.79 Å². The standard InChI is InChI=1S/C9H9N5O2S2/c1-2-5-13-14-9(18-5)10-3-4-6(15)11-8(17)12-7(4)16/h3H,2H2,1H3,(H3,11,12,15,16,17)/b10-3+. The summed E-state index contributed by atoms with van der Waals surface area (Å²) in [6, 6.07) is 0. The van der Waals surface area contributed by atoms with Crippen molar-refractivity contribution in [1.29, 1.82) is 0 Å². The minimum atomic E-state index is -0.514. The molecule has 0 saturated heterocycles. The maximum absolute atomic E-state index is 11.5. The quantitative estimate of drug-likeness (QED) is 0.581. The number of rotatable bonds is 3. The third-order valence-electron chi connectivity index (χ3n) is 2.02. The summed E-state index contributed by atoms with van der Waals surface area (Å²) < 4.78 is 0.0545. The molecule has 0 aliphatic carbocycles. The van der Waals surface area contributed by atoms with E-state index in [1.807, 2.05) is 6.92 Å². The molecule has 0 radical (unpaired) electrons. The van der Waals surface area contributed by atoms with Crippen LogP contribution in [-0.4, -0.2) is 31.5 Å². The maximum Gasteiger partial charge on any atom is 0.264 e. The average Bonchev–Trinajstić information content (AvgIpc) is 2.75. The van der Waals surface area contributed by atoms with Gasteiger partial charge in [-0.15, -0.1) is 10.2 Å². The minimum absolute atomic E-state index is 0.00292. The number of hydrogen-bond acceptors (Lipinski definition) is 7. The fourth-order valence-corrected chi connectivity index (χ4v) is 1.98. The number of H-pyrrole nitrogens is 2. The summed E-state index contributed by atoms with van der Waals surface area (Å²) in [4.78, 5) is 20.3. The zero-order valence-electron chi connectivity index (χ0n) is 9.30. The number of aromatic amines is 2. The van der Waals surface area contributed by atoms with Crippen LogP contribution in [0.2, 0.25) is 0 Å². The van der Waals surface area contributed by atoms with Crippen molar-refractivity contribution in [2.75, 3.05) is 0 Å². The van der Waals surface area contributed by atoms with Gasteiger partial charge in [0, 0.05) is 6.21 Å². The lowest BCUT2D eigenvalue weighted by Gasteiger charge is -1.95. The molecule has 0 unspecified atom stereocenters.